The number of benzene rings is 1. The number of amides is 2. The van der Waals surface area contributed by atoms with E-state index in [4.69, 9.17) is 0 Å². The molecule has 0 aliphatic heterocycles. The highest BCUT2D eigenvalue weighted by Crippen LogP contribution is 2.31. The number of carbonyl (C=O) groups excluding carboxylic acids is 2. The Morgan fingerprint density at radius 1 is 1.28 bits per heavy atom. The van der Waals surface area contributed by atoms with Crippen LogP contribution in [0.1, 0.15) is 32.9 Å². The zero-order valence-electron chi connectivity index (χ0n) is 17.6. The number of nitrogens with zero attached hydrogens (tertiary/aromatic N) is 3. The number of aromatic nitrogens is 1. The molecule has 0 spiro atoms. The van der Waals surface area contributed by atoms with Crippen LogP contribution in [-0.4, -0.2) is 29.6 Å². The van der Waals surface area contributed by atoms with Gasteiger partial charge in [0.1, 0.15) is 11.4 Å². The largest absolute Gasteiger partial charge is 0.435 e. The maximum Gasteiger partial charge on any atom is 0.387 e. The average molecular weight is 454 g/mol. The summed E-state index contributed by atoms with van der Waals surface area (Å²) in [6, 6.07) is 7.66. The number of hydrogen-bond acceptors (Lipinski definition) is 5. The van der Waals surface area contributed by atoms with Crippen LogP contribution in [0.4, 0.5) is 28.9 Å². The molecule has 1 unspecified atom stereocenters. The third kappa shape index (κ3) is 6.50. The second-order valence-electron chi connectivity index (χ2n) is 6.76. The molecule has 0 aliphatic rings. The third-order valence-corrected chi connectivity index (χ3v) is 4.56. The Labute approximate surface area is 182 Å². The van der Waals surface area contributed by atoms with Gasteiger partial charge in [-0.2, -0.15) is 22.7 Å². The van der Waals surface area contributed by atoms with Crippen molar-refractivity contribution in [1.82, 2.24) is 4.98 Å². The molecule has 11 heteroatoms. The van der Waals surface area contributed by atoms with Crippen molar-refractivity contribution < 1.29 is 31.9 Å². The fraction of sp³-hybridized carbons (Fsp3) is 0.333. The average Bonchev–Trinajstić information content (AvgIpc) is 2.77. The summed E-state index contributed by atoms with van der Waals surface area (Å²) in [4.78, 5) is 27.6. The summed E-state index contributed by atoms with van der Waals surface area (Å²) in [5.41, 5.74) is 0.196. The highest BCUT2D eigenvalue weighted by Gasteiger charge is 2.31. The third-order valence-electron chi connectivity index (χ3n) is 4.56. The summed E-state index contributed by atoms with van der Waals surface area (Å²) in [6.07, 6.45) is 1.13. The van der Waals surface area contributed by atoms with E-state index in [-0.39, 0.29) is 22.8 Å². The molecule has 1 aromatic carbocycles. The van der Waals surface area contributed by atoms with E-state index in [0.717, 1.165) is 11.1 Å². The Hall–Kier alpha value is -3.50. The number of anilines is 2. The van der Waals surface area contributed by atoms with Gasteiger partial charge in [-0.3, -0.25) is 14.6 Å². The van der Waals surface area contributed by atoms with Crippen molar-refractivity contribution in [1.29, 1.82) is 0 Å². The summed E-state index contributed by atoms with van der Waals surface area (Å²) in [7, 11) is 0. The van der Waals surface area contributed by atoms with Crippen molar-refractivity contribution in [3.05, 3.63) is 48.3 Å². The quantitative estimate of drug-likeness (QED) is 0.242. The van der Waals surface area contributed by atoms with Crippen LogP contribution in [-0.2, 0) is 15.5 Å². The van der Waals surface area contributed by atoms with E-state index in [2.05, 4.69) is 20.1 Å². The van der Waals surface area contributed by atoms with Crippen molar-refractivity contribution in [2.24, 2.45) is 11.0 Å². The molecular formula is C21H22F4N4O3. The van der Waals surface area contributed by atoms with E-state index in [9.17, 15) is 27.2 Å². The second kappa shape index (κ2) is 10.7. The van der Waals surface area contributed by atoms with Crippen LogP contribution in [0.5, 0.6) is 5.75 Å². The number of ether oxygens (including phenoxy) is 1. The van der Waals surface area contributed by atoms with E-state index in [1.54, 1.807) is 0 Å². The molecule has 2 rings (SSSR count). The molecule has 32 heavy (non-hydrogen) atoms. The number of hydrogen-bond donors (Lipinski definition) is 1. The van der Waals surface area contributed by atoms with Gasteiger partial charge in [0.25, 0.3) is 5.92 Å². The first-order valence-electron chi connectivity index (χ1n) is 9.57. The van der Waals surface area contributed by atoms with Crippen molar-refractivity contribution in [2.45, 2.75) is 39.7 Å². The van der Waals surface area contributed by atoms with Crippen LogP contribution in [0.3, 0.4) is 0 Å². The fourth-order valence-electron chi connectivity index (χ4n) is 2.51. The lowest BCUT2D eigenvalue weighted by molar-refractivity contribution is -0.117. The van der Waals surface area contributed by atoms with Crippen LogP contribution < -0.4 is 15.1 Å². The van der Waals surface area contributed by atoms with Crippen molar-refractivity contribution >= 4 is 29.4 Å². The van der Waals surface area contributed by atoms with Gasteiger partial charge in [0.2, 0.25) is 12.3 Å². The molecule has 172 valence electrons. The molecule has 7 nitrogen and oxygen atoms in total. The summed E-state index contributed by atoms with van der Waals surface area (Å²) in [5, 5.41) is 7.54. The zero-order chi connectivity index (χ0) is 23.9. The topological polar surface area (TPSA) is 83.9 Å². The summed E-state index contributed by atoms with van der Waals surface area (Å²) in [6.45, 7) is 1.39. The first kappa shape index (κ1) is 24.8. The van der Waals surface area contributed by atoms with Gasteiger partial charge in [0.05, 0.1) is 11.6 Å². The Kier molecular flexibility index (Phi) is 8.27. The molecular weight excluding hydrogens is 432 g/mol. The number of rotatable bonds is 10. The van der Waals surface area contributed by atoms with Crippen molar-refractivity contribution in [3.63, 3.8) is 0 Å². The number of nitrogens with one attached hydrogen (secondary N) is 1. The first-order chi connectivity index (χ1) is 15.1. The fourth-order valence-corrected chi connectivity index (χ4v) is 2.51. The Bertz CT molecular complexity index is 968. The monoisotopic (exact) mass is 454 g/mol. The zero-order valence-corrected chi connectivity index (χ0v) is 17.6. The predicted octanol–water partition coefficient (Wildman–Crippen LogP) is 4.80. The van der Waals surface area contributed by atoms with Crippen LogP contribution >= 0.6 is 0 Å². The molecule has 2 amide bonds. The van der Waals surface area contributed by atoms with Crippen LogP contribution in [0.2, 0.25) is 0 Å². The Balaban J connectivity index is 2.12. The number of halogens is 4. The Morgan fingerprint density at radius 2 is 1.94 bits per heavy atom. The maximum absolute atomic E-state index is 13.8. The predicted molar refractivity (Wildman–Crippen MR) is 111 cm³/mol. The minimum absolute atomic E-state index is 0.0894. The van der Waals surface area contributed by atoms with Crippen LogP contribution in [0.25, 0.3) is 0 Å². The molecule has 1 aromatic heterocycles. The van der Waals surface area contributed by atoms with Gasteiger partial charge >= 0.3 is 6.61 Å². The number of alkyl halides is 4. The smallest absolute Gasteiger partial charge is 0.387 e. The van der Waals surface area contributed by atoms with Gasteiger partial charge in [-0.15, -0.1) is 0 Å². The van der Waals surface area contributed by atoms with E-state index < -0.39 is 36.5 Å². The molecule has 0 fully saturated rings. The highest BCUT2D eigenvalue weighted by atomic mass is 19.3. The van der Waals surface area contributed by atoms with E-state index >= 15 is 0 Å². The first-order valence-corrected chi connectivity index (χ1v) is 9.57. The number of pyridine rings is 1. The van der Waals surface area contributed by atoms with Gasteiger partial charge in [0, 0.05) is 24.0 Å². The molecule has 0 saturated carbocycles. The van der Waals surface area contributed by atoms with Gasteiger partial charge in [-0.05, 0) is 50.2 Å². The van der Waals surface area contributed by atoms with Gasteiger partial charge in [0.15, 0.2) is 0 Å². The molecule has 1 atom stereocenters. The van der Waals surface area contributed by atoms with E-state index in [1.165, 1.54) is 57.3 Å². The number of hydrazone groups is 1. The highest BCUT2D eigenvalue weighted by molar-refractivity contribution is 6.08. The van der Waals surface area contributed by atoms with E-state index in [0.29, 0.717) is 6.41 Å². The molecule has 0 aliphatic carbocycles. The molecule has 0 bridgehead atoms. The minimum atomic E-state index is -3.12. The lowest BCUT2D eigenvalue weighted by Gasteiger charge is -2.17. The second-order valence-corrected chi connectivity index (χ2v) is 6.76. The molecule has 0 saturated heterocycles. The Morgan fingerprint density at radius 3 is 2.50 bits per heavy atom. The number of carbonyl (C=O) groups is 2. The molecule has 2 aromatic rings. The summed E-state index contributed by atoms with van der Waals surface area (Å²) < 4.78 is 56.4. The summed E-state index contributed by atoms with van der Waals surface area (Å²) >= 11 is 0. The summed E-state index contributed by atoms with van der Waals surface area (Å²) in [5.74, 6) is -4.56. The molecule has 1 N–H and O–H groups in total. The maximum atomic E-state index is 13.8. The normalized spacial score (nSPS) is 12.9. The molecule has 1 heterocycles. The van der Waals surface area contributed by atoms with Gasteiger partial charge < -0.3 is 10.1 Å². The van der Waals surface area contributed by atoms with Crippen LogP contribution in [0.15, 0.2) is 47.7 Å². The van der Waals surface area contributed by atoms with Crippen molar-refractivity contribution in [3.8, 4) is 5.75 Å². The lowest BCUT2D eigenvalue weighted by Crippen LogP contribution is -2.28. The molecule has 0 radical (unpaired) electrons. The SMILES string of the molecule is CCC(F)(F)c1cc(NC(=O)C(C)/C(C)=N\N(C=O)c2ccc(OC(F)F)cc2)ccn1. The van der Waals surface area contributed by atoms with Gasteiger partial charge in [-0.1, -0.05) is 6.92 Å². The standard InChI is InChI=1S/C21H22F4N4O3/c1-4-21(24,25)18-11-15(9-10-26-18)27-19(31)13(2)14(3)28-29(12-30)16-5-7-17(8-6-16)32-20(22)23/h5-13,20H,4H2,1-3H3,(H,26,27,31)/b28-14-. The van der Waals surface area contributed by atoms with Gasteiger partial charge in [-0.25, -0.2) is 5.01 Å². The van der Waals surface area contributed by atoms with Crippen LogP contribution in [0, 0.1) is 5.92 Å². The minimum Gasteiger partial charge on any atom is -0.435 e. The van der Waals surface area contributed by atoms with E-state index in [1.807, 2.05) is 0 Å². The van der Waals surface area contributed by atoms with Crippen molar-refractivity contribution in [2.75, 3.05) is 10.3 Å². The lowest BCUT2D eigenvalue weighted by atomic mass is 10.1.